The second-order valence-corrected chi connectivity index (χ2v) is 9.91. The number of Topliss-reactive ketones (excluding diaryl/α,β-unsaturated/α-hetero) is 1. The predicted molar refractivity (Wildman–Crippen MR) is 123 cm³/mol. The molecule has 1 saturated heterocycles. The molecule has 0 spiro atoms. The first kappa shape index (κ1) is 20.0. The summed E-state index contributed by atoms with van der Waals surface area (Å²) in [5.74, 6) is 0.186. The van der Waals surface area contributed by atoms with Gasteiger partial charge in [-0.05, 0) is 67.9 Å². The summed E-state index contributed by atoms with van der Waals surface area (Å²) in [4.78, 5) is 28.4. The molecule has 2 atom stereocenters. The van der Waals surface area contributed by atoms with E-state index in [0.29, 0.717) is 13.1 Å². The smallest absolute Gasteiger partial charge is 0.410 e. The summed E-state index contributed by atoms with van der Waals surface area (Å²) in [5.41, 5.74) is 3.87. The number of hydrogen-bond donors (Lipinski definition) is 0. The third-order valence-corrected chi connectivity index (χ3v) is 6.68. The number of carbonyl (C=O) groups is 2. The number of nitrogens with zero attached hydrogens (tertiary/aromatic N) is 1. The standard InChI is InChI=1S/C27H29NO3/c1-27(2,3)31-26(30)28-15-14-18(16-28)23-21-11-7-6-10-20(21)22-13-12-17-8-4-5-9-19(17)24(22)25(23)29/h4-6,8-10,12-13,18,23H,7,11,14-16H2,1-3H3. The molecule has 0 aromatic heterocycles. The van der Waals surface area contributed by atoms with Crippen LogP contribution in [0.15, 0.2) is 54.1 Å². The van der Waals surface area contributed by atoms with Crippen molar-refractivity contribution in [2.75, 3.05) is 13.1 Å². The van der Waals surface area contributed by atoms with Crippen molar-refractivity contribution in [3.63, 3.8) is 0 Å². The van der Waals surface area contributed by atoms with Crippen molar-refractivity contribution in [3.05, 3.63) is 65.3 Å². The molecule has 1 amide bonds. The number of fused-ring (bicyclic) bond motifs is 4. The third-order valence-electron chi connectivity index (χ3n) is 6.68. The molecular formula is C27H29NO3. The number of hydrogen-bond acceptors (Lipinski definition) is 3. The minimum absolute atomic E-state index is 0.128. The first-order valence-corrected chi connectivity index (χ1v) is 11.3. The van der Waals surface area contributed by atoms with E-state index in [1.165, 1.54) is 11.1 Å². The first-order valence-electron chi connectivity index (χ1n) is 11.3. The third kappa shape index (κ3) is 3.48. The molecule has 2 unspecified atom stereocenters. The summed E-state index contributed by atoms with van der Waals surface area (Å²) in [6.45, 7) is 6.87. The average Bonchev–Trinajstić information content (AvgIpc) is 3.22. The summed E-state index contributed by atoms with van der Waals surface area (Å²) in [6.07, 6.45) is 6.85. The minimum atomic E-state index is -0.516. The van der Waals surface area contributed by atoms with E-state index in [1.807, 2.05) is 32.9 Å². The maximum atomic E-state index is 14.0. The molecule has 2 aliphatic carbocycles. The van der Waals surface area contributed by atoms with Gasteiger partial charge in [0.1, 0.15) is 5.60 Å². The van der Waals surface area contributed by atoms with Crippen LogP contribution in [0.2, 0.25) is 0 Å². The molecule has 0 N–H and O–H groups in total. The Labute approximate surface area is 183 Å². The number of allylic oxidation sites excluding steroid dienone is 4. The molecule has 0 radical (unpaired) electrons. The van der Waals surface area contributed by atoms with Crippen LogP contribution in [0.25, 0.3) is 16.3 Å². The quantitative estimate of drug-likeness (QED) is 0.573. The van der Waals surface area contributed by atoms with Gasteiger partial charge in [-0.2, -0.15) is 0 Å². The van der Waals surface area contributed by atoms with E-state index >= 15 is 0 Å². The van der Waals surface area contributed by atoms with Crippen LogP contribution >= 0.6 is 0 Å². The summed E-state index contributed by atoms with van der Waals surface area (Å²) in [5, 5.41) is 2.13. The minimum Gasteiger partial charge on any atom is -0.444 e. The Morgan fingerprint density at radius 2 is 1.94 bits per heavy atom. The Balaban J connectivity index is 1.54. The van der Waals surface area contributed by atoms with Crippen LogP contribution < -0.4 is 0 Å². The van der Waals surface area contributed by atoms with E-state index in [-0.39, 0.29) is 23.7 Å². The highest BCUT2D eigenvalue weighted by molar-refractivity contribution is 6.17. The number of carbonyl (C=O) groups excluding carboxylic acids is 2. The van der Waals surface area contributed by atoms with Gasteiger partial charge >= 0.3 is 6.09 Å². The van der Waals surface area contributed by atoms with Gasteiger partial charge in [-0.1, -0.05) is 54.1 Å². The molecule has 0 bridgehead atoms. The highest BCUT2D eigenvalue weighted by Crippen LogP contribution is 2.46. The molecule has 1 aliphatic heterocycles. The van der Waals surface area contributed by atoms with Crippen molar-refractivity contribution in [1.29, 1.82) is 0 Å². The van der Waals surface area contributed by atoms with Crippen LogP contribution in [-0.4, -0.2) is 35.5 Å². The lowest BCUT2D eigenvalue weighted by molar-refractivity contribution is 0.0283. The monoisotopic (exact) mass is 415 g/mol. The van der Waals surface area contributed by atoms with Gasteiger partial charge < -0.3 is 9.64 Å². The van der Waals surface area contributed by atoms with E-state index in [4.69, 9.17) is 4.74 Å². The van der Waals surface area contributed by atoms with Gasteiger partial charge in [0.05, 0.1) is 0 Å². The number of benzene rings is 2. The number of ether oxygens (including phenoxy) is 1. The molecule has 4 nitrogen and oxygen atoms in total. The zero-order valence-electron chi connectivity index (χ0n) is 18.5. The van der Waals surface area contributed by atoms with Crippen LogP contribution in [-0.2, 0) is 4.74 Å². The van der Waals surface area contributed by atoms with Crippen molar-refractivity contribution < 1.29 is 14.3 Å². The van der Waals surface area contributed by atoms with Crippen molar-refractivity contribution in [2.45, 2.75) is 45.6 Å². The molecule has 5 rings (SSSR count). The largest absolute Gasteiger partial charge is 0.444 e. The van der Waals surface area contributed by atoms with Gasteiger partial charge in [0.15, 0.2) is 5.78 Å². The Morgan fingerprint density at radius 1 is 1.13 bits per heavy atom. The molecule has 3 aliphatic rings. The van der Waals surface area contributed by atoms with Gasteiger partial charge in [-0.3, -0.25) is 4.79 Å². The summed E-state index contributed by atoms with van der Waals surface area (Å²) in [7, 11) is 0. The molecule has 0 saturated carbocycles. The normalized spacial score (nSPS) is 23.2. The highest BCUT2D eigenvalue weighted by Gasteiger charge is 2.43. The molecular weight excluding hydrogens is 386 g/mol. The number of ketones is 1. The van der Waals surface area contributed by atoms with Crippen LogP contribution in [0.3, 0.4) is 0 Å². The summed E-state index contributed by atoms with van der Waals surface area (Å²) >= 11 is 0. The fourth-order valence-corrected chi connectivity index (χ4v) is 5.39. The van der Waals surface area contributed by atoms with E-state index in [0.717, 1.165) is 41.2 Å². The van der Waals surface area contributed by atoms with E-state index in [2.05, 4.69) is 36.4 Å². The SMILES string of the molecule is CC(C)(C)OC(=O)N1CCC(C2C(=O)c3c(ccc4ccccc34)C3=C2CCC=C3)C1. The van der Waals surface area contributed by atoms with E-state index in [9.17, 15) is 9.59 Å². The second kappa shape index (κ2) is 7.37. The number of rotatable bonds is 1. The van der Waals surface area contributed by atoms with Crippen molar-refractivity contribution in [3.8, 4) is 0 Å². The molecule has 4 heteroatoms. The zero-order chi connectivity index (χ0) is 21.8. The van der Waals surface area contributed by atoms with Gasteiger partial charge in [0.2, 0.25) is 0 Å². The van der Waals surface area contributed by atoms with Gasteiger partial charge in [-0.25, -0.2) is 4.79 Å². The molecule has 1 fully saturated rings. The Kier molecular flexibility index (Phi) is 4.76. The Bertz CT molecular complexity index is 1130. The second-order valence-electron chi connectivity index (χ2n) is 9.91. The molecule has 160 valence electrons. The summed E-state index contributed by atoms with van der Waals surface area (Å²) < 4.78 is 5.58. The van der Waals surface area contributed by atoms with Crippen LogP contribution in [0, 0.1) is 11.8 Å². The fraction of sp³-hybridized carbons (Fsp3) is 0.407. The molecule has 1 heterocycles. The maximum Gasteiger partial charge on any atom is 0.410 e. The fourth-order valence-electron chi connectivity index (χ4n) is 5.39. The Hall–Kier alpha value is -2.88. The van der Waals surface area contributed by atoms with Crippen LogP contribution in [0.5, 0.6) is 0 Å². The molecule has 31 heavy (non-hydrogen) atoms. The predicted octanol–water partition coefficient (Wildman–Crippen LogP) is 6.01. The molecule has 2 aromatic rings. The van der Waals surface area contributed by atoms with Crippen LogP contribution in [0.1, 0.15) is 56.0 Å². The number of amides is 1. The van der Waals surface area contributed by atoms with E-state index in [1.54, 1.807) is 4.90 Å². The highest BCUT2D eigenvalue weighted by atomic mass is 16.6. The van der Waals surface area contributed by atoms with Crippen molar-refractivity contribution in [2.24, 2.45) is 11.8 Å². The van der Waals surface area contributed by atoms with Gasteiger partial charge in [0.25, 0.3) is 0 Å². The van der Waals surface area contributed by atoms with Crippen molar-refractivity contribution in [1.82, 2.24) is 4.90 Å². The first-order chi connectivity index (χ1) is 14.8. The lowest BCUT2D eigenvalue weighted by Gasteiger charge is -2.34. The lowest BCUT2D eigenvalue weighted by atomic mass is 9.68. The van der Waals surface area contributed by atoms with Gasteiger partial charge in [-0.15, -0.1) is 0 Å². The lowest BCUT2D eigenvalue weighted by Crippen LogP contribution is -2.37. The van der Waals surface area contributed by atoms with Gasteiger partial charge in [0, 0.05) is 24.6 Å². The maximum absolute atomic E-state index is 14.0. The number of likely N-dealkylation sites (tertiary alicyclic amines) is 1. The van der Waals surface area contributed by atoms with E-state index < -0.39 is 5.60 Å². The topological polar surface area (TPSA) is 46.6 Å². The zero-order valence-corrected chi connectivity index (χ0v) is 18.5. The van der Waals surface area contributed by atoms with Crippen molar-refractivity contribution >= 4 is 28.2 Å². The average molecular weight is 416 g/mol. The molecule has 2 aromatic carbocycles. The Morgan fingerprint density at radius 3 is 2.74 bits per heavy atom. The summed E-state index contributed by atoms with van der Waals surface area (Å²) in [6, 6.07) is 12.4. The van der Waals surface area contributed by atoms with Crippen LogP contribution in [0.4, 0.5) is 4.79 Å².